The molecule has 0 aliphatic heterocycles. The molecular formula is C10H27F. The van der Waals surface area contributed by atoms with Gasteiger partial charge in [0, 0.05) is 0 Å². The third-order valence-electron chi connectivity index (χ3n) is 0.957. The SMILES string of the molecule is CC.CC.CCCCCC.F. The van der Waals surface area contributed by atoms with Crippen molar-refractivity contribution in [1.82, 2.24) is 0 Å². The van der Waals surface area contributed by atoms with Gasteiger partial charge in [0.25, 0.3) is 0 Å². The Morgan fingerprint density at radius 1 is 0.636 bits per heavy atom. The van der Waals surface area contributed by atoms with Gasteiger partial charge < -0.3 is 0 Å². The van der Waals surface area contributed by atoms with Gasteiger partial charge in [-0.2, -0.15) is 0 Å². The Labute approximate surface area is 72.8 Å². The molecule has 0 aliphatic carbocycles. The summed E-state index contributed by atoms with van der Waals surface area (Å²) in [4.78, 5) is 0. The number of hydrogen-bond acceptors (Lipinski definition) is 0. The van der Waals surface area contributed by atoms with Crippen molar-refractivity contribution in [3.8, 4) is 0 Å². The lowest BCUT2D eigenvalue weighted by Gasteiger charge is -1.86. The summed E-state index contributed by atoms with van der Waals surface area (Å²) in [5.41, 5.74) is 0. The zero-order valence-electron chi connectivity index (χ0n) is 9.24. The average molecular weight is 166 g/mol. The molecule has 0 fully saturated rings. The second-order valence-electron chi connectivity index (χ2n) is 1.71. The Morgan fingerprint density at radius 3 is 0.909 bits per heavy atom. The minimum Gasteiger partial charge on any atom is -0.269 e. The lowest BCUT2D eigenvalue weighted by Crippen LogP contribution is -1.66. The summed E-state index contributed by atoms with van der Waals surface area (Å²) in [6, 6.07) is 0. The van der Waals surface area contributed by atoms with Gasteiger partial charge in [0.2, 0.25) is 0 Å². The maximum Gasteiger partial charge on any atom is -0.0536 e. The number of hydrogen-bond donors (Lipinski definition) is 0. The summed E-state index contributed by atoms with van der Waals surface area (Å²) in [5.74, 6) is 0. The summed E-state index contributed by atoms with van der Waals surface area (Å²) in [7, 11) is 0. The number of unbranched alkanes of at least 4 members (excludes halogenated alkanes) is 3. The van der Waals surface area contributed by atoms with Gasteiger partial charge in [-0.15, -0.1) is 0 Å². The van der Waals surface area contributed by atoms with E-state index in [9.17, 15) is 0 Å². The number of halogens is 1. The van der Waals surface area contributed by atoms with E-state index in [1.54, 1.807) is 0 Å². The topological polar surface area (TPSA) is 0 Å². The fraction of sp³-hybridized carbons (Fsp3) is 1.00. The molecule has 0 spiro atoms. The molecule has 0 bridgehead atoms. The van der Waals surface area contributed by atoms with E-state index in [2.05, 4.69) is 13.8 Å². The third-order valence-corrected chi connectivity index (χ3v) is 0.957. The summed E-state index contributed by atoms with van der Waals surface area (Å²) in [5, 5.41) is 0. The molecule has 0 atom stereocenters. The Bertz CT molecular complexity index is 16.8. The van der Waals surface area contributed by atoms with Crippen molar-refractivity contribution < 1.29 is 4.70 Å². The summed E-state index contributed by atoms with van der Waals surface area (Å²) in [6.45, 7) is 12.5. The standard InChI is InChI=1S/C6H14.2C2H6.FH/c1-3-5-6-4-2;2*1-2;/h3-6H2,1-2H3;2*1-2H3;1H. The van der Waals surface area contributed by atoms with E-state index in [0.29, 0.717) is 0 Å². The van der Waals surface area contributed by atoms with Crippen molar-refractivity contribution in [3.63, 3.8) is 0 Å². The van der Waals surface area contributed by atoms with Crippen LogP contribution in [-0.4, -0.2) is 0 Å². The van der Waals surface area contributed by atoms with Crippen LogP contribution in [0.2, 0.25) is 0 Å². The highest BCUT2D eigenvalue weighted by Crippen LogP contribution is 1.95. The van der Waals surface area contributed by atoms with Gasteiger partial charge in [-0.1, -0.05) is 67.2 Å². The van der Waals surface area contributed by atoms with E-state index >= 15 is 0 Å². The molecule has 0 aromatic heterocycles. The fourth-order valence-corrected chi connectivity index (χ4v) is 0.500. The molecule has 0 saturated heterocycles. The Balaban J connectivity index is -0.0000000428. The molecule has 74 valence electrons. The molecule has 0 heterocycles. The second kappa shape index (κ2) is 51.3. The van der Waals surface area contributed by atoms with Crippen molar-refractivity contribution in [3.05, 3.63) is 0 Å². The fourth-order valence-electron chi connectivity index (χ4n) is 0.500. The first-order valence-corrected chi connectivity index (χ1v) is 4.91. The van der Waals surface area contributed by atoms with Crippen molar-refractivity contribution >= 4 is 0 Å². The molecule has 11 heavy (non-hydrogen) atoms. The minimum absolute atomic E-state index is 0. The Morgan fingerprint density at radius 2 is 0.818 bits per heavy atom. The predicted octanol–water partition coefficient (Wildman–Crippen LogP) is 4.79. The van der Waals surface area contributed by atoms with Gasteiger partial charge in [0.05, 0.1) is 0 Å². The van der Waals surface area contributed by atoms with Crippen LogP contribution in [-0.2, 0) is 0 Å². The van der Waals surface area contributed by atoms with E-state index in [4.69, 9.17) is 0 Å². The molecule has 0 aromatic rings. The molecule has 0 aliphatic rings. The average Bonchev–Trinajstić information content (AvgIpc) is 2.08. The molecule has 0 nitrogen and oxygen atoms in total. The normalized spacial score (nSPS) is 6.00. The zero-order valence-corrected chi connectivity index (χ0v) is 9.24. The summed E-state index contributed by atoms with van der Waals surface area (Å²) >= 11 is 0. The first-order valence-electron chi connectivity index (χ1n) is 4.91. The summed E-state index contributed by atoms with van der Waals surface area (Å²) in [6.07, 6.45) is 5.54. The molecule has 0 rings (SSSR count). The lowest BCUT2D eigenvalue weighted by atomic mass is 10.2. The minimum atomic E-state index is 0. The first kappa shape index (κ1) is 22.4. The van der Waals surface area contributed by atoms with Gasteiger partial charge in [-0.25, -0.2) is 0 Å². The Kier molecular flexibility index (Phi) is 105. The largest absolute Gasteiger partial charge is 0.269 e. The Hall–Kier alpha value is -0.0700. The van der Waals surface area contributed by atoms with Gasteiger partial charge in [0.1, 0.15) is 0 Å². The molecule has 0 N–H and O–H groups in total. The van der Waals surface area contributed by atoms with Gasteiger partial charge in [0.15, 0.2) is 0 Å². The van der Waals surface area contributed by atoms with Gasteiger partial charge in [-0.05, 0) is 0 Å². The maximum absolute atomic E-state index is 2.23. The molecule has 0 aromatic carbocycles. The van der Waals surface area contributed by atoms with E-state index in [-0.39, 0.29) is 4.70 Å². The monoisotopic (exact) mass is 166 g/mol. The predicted molar refractivity (Wildman–Crippen MR) is 55.0 cm³/mol. The van der Waals surface area contributed by atoms with Crippen LogP contribution in [0.4, 0.5) is 4.70 Å². The van der Waals surface area contributed by atoms with E-state index in [1.807, 2.05) is 27.7 Å². The second-order valence-corrected chi connectivity index (χ2v) is 1.71. The van der Waals surface area contributed by atoms with Crippen molar-refractivity contribution in [2.45, 2.75) is 67.2 Å². The molecular weight excluding hydrogens is 139 g/mol. The highest BCUT2D eigenvalue weighted by molar-refractivity contribution is 4.31. The van der Waals surface area contributed by atoms with Crippen LogP contribution < -0.4 is 0 Å². The quantitative estimate of drug-likeness (QED) is 0.529. The van der Waals surface area contributed by atoms with Crippen molar-refractivity contribution in [2.24, 2.45) is 0 Å². The zero-order chi connectivity index (χ0) is 8.83. The van der Waals surface area contributed by atoms with Gasteiger partial charge in [-0.3, -0.25) is 4.70 Å². The van der Waals surface area contributed by atoms with Crippen LogP contribution in [0.15, 0.2) is 0 Å². The molecule has 1 heteroatoms. The third kappa shape index (κ3) is 72.7. The van der Waals surface area contributed by atoms with Crippen LogP contribution in [0, 0.1) is 0 Å². The van der Waals surface area contributed by atoms with Crippen LogP contribution in [0.5, 0.6) is 0 Å². The maximum atomic E-state index is 2.23. The highest BCUT2D eigenvalue weighted by Gasteiger charge is 1.75. The van der Waals surface area contributed by atoms with E-state index < -0.39 is 0 Å². The van der Waals surface area contributed by atoms with Crippen molar-refractivity contribution in [2.75, 3.05) is 0 Å². The lowest BCUT2D eigenvalue weighted by molar-refractivity contribution is 0.702. The molecule has 0 radical (unpaired) electrons. The van der Waals surface area contributed by atoms with Crippen LogP contribution in [0.25, 0.3) is 0 Å². The van der Waals surface area contributed by atoms with Crippen molar-refractivity contribution in [1.29, 1.82) is 0 Å². The first-order chi connectivity index (χ1) is 4.91. The molecule has 0 amide bonds. The van der Waals surface area contributed by atoms with E-state index in [1.165, 1.54) is 25.7 Å². The smallest absolute Gasteiger partial charge is 0.0536 e. The van der Waals surface area contributed by atoms with Gasteiger partial charge >= 0.3 is 0 Å². The molecule has 0 unspecified atom stereocenters. The molecule has 0 saturated carbocycles. The van der Waals surface area contributed by atoms with Crippen LogP contribution in [0.1, 0.15) is 67.2 Å². The van der Waals surface area contributed by atoms with Crippen LogP contribution >= 0.6 is 0 Å². The highest BCUT2D eigenvalue weighted by atomic mass is 19.0. The summed E-state index contributed by atoms with van der Waals surface area (Å²) < 4.78 is 0. The number of rotatable bonds is 3. The van der Waals surface area contributed by atoms with Crippen LogP contribution in [0.3, 0.4) is 0 Å². The van der Waals surface area contributed by atoms with E-state index in [0.717, 1.165) is 0 Å².